The molecule has 0 bridgehead atoms. The summed E-state index contributed by atoms with van der Waals surface area (Å²) < 4.78 is 5.74. The highest BCUT2D eigenvalue weighted by Gasteiger charge is 2.23. The molecule has 0 saturated heterocycles. The van der Waals surface area contributed by atoms with Crippen molar-refractivity contribution in [3.8, 4) is 22.3 Å². The smallest absolute Gasteiger partial charge is 0.338 e. The SMILES string of the molecule is CCOC(=O)c1cc(N(c2ccccc2)c2ccccc2C)ccc1-c1cc2cccc3c(-c4ccc(C(C)(C)C)cc4)cc4cccc1c4c23. The highest BCUT2D eigenvalue weighted by molar-refractivity contribution is 6.29. The second-order valence-electron chi connectivity index (χ2n) is 14.4. The molecule has 8 rings (SSSR count). The lowest BCUT2D eigenvalue weighted by molar-refractivity contribution is 0.0527. The average Bonchev–Trinajstić information content (AvgIpc) is 3.14. The second-order valence-corrected chi connectivity index (χ2v) is 14.4. The molecule has 0 saturated carbocycles. The minimum Gasteiger partial charge on any atom is -0.462 e. The van der Waals surface area contributed by atoms with Crippen LogP contribution >= 0.6 is 0 Å². The number of carbonyl (C=O) groups excluding carboxylic acids is 1. The average molecular weight is 664 g/mol. The van der Waals surface area contributed by atoms with E-state index in [1.54, 1.807) is 0 Å². The molecule has 0 amide bonds. The summed E-state index contributed by atoms with van der Waals surface area (Å²) >= 11 is 0. The molecule has 250 valence electrons. The van der Waals surface area contributed by atoms with E-state index in [0.717, 1.165) is 44.5 Å². The van der Waals surface area contributed by atoms with E-state index in [1.807, 2.05) is 31.2 Å². The summed E-state index contributed by atoms with van der Waals surface area (Å²) in [6.07, 6.45) is 0. The van der Waals surface area contributed by atoms with Crippen LogP contribution in [0.15, 0.2) is 146 Å². The van der Waals surface area contributed by atoms with Gasteiger partial charge in [-0.3, -0.25) is 0 Å². The first-order valence-electron chi connectivity index (χ1n) is 17.8. The van der Waals surface area contributed by atoms with E-state index in [2.05, 4.69) is 154 Å². The summed E-state index contributed by atoms with van der Waals surface area (Å²) in [5.74, 6) is -0.335. The number of aryl methyl sites for hydroxylation is 1. The van der Waals surface area contributed by atoms with Crippen molar-refractivity contribution in [2.24, 2.45) is 0 Å². The van der Waals surface area contributed by atoms with Crippen LogP contribution in [0.4, 0.5) is 17.1 Å². The van der Waals surface area contributed by atoms with E-state index >= 15 is 0 Å². The van der Waals surface area contributed by atoms with Gasteiger partial charge in [0.2, 0.25) is 0 Å². The van der Waals surface area contributed by atoms with Gasteiger partial charge in [-0.2, -0.15) is 0 Å². The number of hydrogen-bond donors (Lipinski definition) is 0. The molecule has 0 aliphatic rings. The fourth-order valence-corrected chi connectivity index (χ4v) is 7.57. The summed E-state index contributed by atoms with van der Waals surface area (Å²) in [5, 5.41) is 7.11. The molecule has 0 radical (unpaired) electrons. The Hall–Kier alpha value is -5.93. The van der Waals surface area contributed by atoms with Crippen LogP contribution in [0.3, 0.4) is 0 Å². The summed E-state index contributed by atoms with van der Waals surface area (Å²) in [4.78, 5) is 16.1. The van der Waals surface area contributed by atoms with Crippen LogP contribution in [0.1, 0.15) is 49.2 Å². The van der Waals surface area contributed by atoms with Gasteiger partial charge in [-0.05, 0) is 127 Å². The number of ether oxygens (including phenoxy) is 1. The lowest BCUT2D eigenvalue weighted by Gasteiger charge is -2.28. The molecular formula is C48H41NO2. The number of para-hydroxylation sites is 2. The standard InChI is InChI=1S/C48H41NO2/c1-6-51-47(50)43-30-37(49(36-17-8-7-9-18-36)44-21-11-10-14-31(44)2)26-27-38(43)42-29-34-16-12-19-39-41(32-22-24-35(25-23-32)48(3,4)5)28-33-15-13-20-40(42)46(33)45(34)39/h7-30H,6H2,1-5H3. The third kappa shape index (κ3) is 5.69. The number of benzene rings is 8. The van der Waals surface area contributed by atoms with Gasteiger partial charge in [0.1, 0.15) is 0 Å². The lowest BCUT2D eigenvalue weighted by atomic mass is 9.83. The molecule has 8 aromatic rings. The van der Waals surface area contributed by atoms with Crippen LogP contribution in [-0.4, -0.2) is 12.6 Å². The first-order valence-corrected chi connectivity index (χ1v) is 17.8. The molecule has 0 heterocycles. The van der Waals surface area contributed by atoms with Crippen molar-refractivity contribution in [1.82, 2.24) is 0 Å². The van der Waals surface area contributed by atoms with Gasteiger partial charge in [-0.1, -0.05) is 124 Å². The van der Waals surface area contributed by atoms with Gasteiger partial charge in [0.15, 0.2) is 0 Å². The van der Waals surface area contributed by atoms with Crippen LogP contribution in [0.2, 0.25) is 0 Å². The highest BCUT2D eigenvalue weighted by Crippen LogP contribution is 2.46. The number of hydrogen-bond acceptors (Lipinski definition) is 3. The predicted molar refractivity (Wildman–Crippen MR) is 215 cm³/mol. The van der Waals surface area contributed by atoms with Gasteiger partial charge in [0, 0.05) is 17.1 Å². The molecule has 0 unspecified atom stereocenters. The van der Waals surface area contributed by atoms with Crippen molar-refractivity contribution in [2.45, 2.75) is 40.0 Å². The summed E-state index contributed by atoms with van der Waals surface area (Å²) in [6.45, 7) is 11.0. The molecule has 3 nitrogen and oxygen atoms in total. The number of anilines is 3. The Labute approximate surface area is 300 Å². The fourth-order valence-electron chi connectivity index (χ4n) is 7.57. The summed E-state index contributed by atoms with van der Waals surface area (Å²) in [6, 6.07) is 51.6. The summed E-state index contributed by atoms with van der Waals surface area (Å²) in [5.41, 5.74) is 10.3. The number of rotatable bonds is 7. The Bertz CT molecular complexity index is 2540. The van der Waals surface area contributed by atoms with Crippen LogP contribution in [0, 0.1) is 6.92 Å². The third-order valence-corrected chi connectivity index (χ3v) is 10.1. The Balaban J connectivity index is 1.35. The van der Waals surface area contributed by atoms with Crippen molar-refractivity contribution in [1.29, 1.82) is 0 Å². The van der Waals surface area contributed by atoms with E-state index in [-0.39, 0.29) is 11.4 Å². The topological polar surface area (TPSA) is 29.5 Å². The Kier molecular flexibility index (Phi) is 8.07. The lowest BCUT2D eigenvalue weighted by Crippen LogP contribution is -2.13. The second kappa shape index (κ2) is 12.8. The zero-order valence-corrected chi connectivity index (χ0v) is 29.8. The first kappa shape index (κ1) is 32.3. The van der Waals surface area contributed by atoms with Gasteiger partial charge in [0.05, 0.1) is 12.2 Å². The largest absolute Gasteiger partial charge is 0.462 e. The minimum absolute atomic E-state index is 0.0923. The zero-order valence-electron chi connectivity index (χ0n) is 29.8. The van der Waals surface area contributed by atoms with Gasteiger partial charge in [-0.25, -0.2) is 4.79 Å². The molecule has 0 atom stereocenters. The van der Waals surface area contributed by atoms with Gasteiger partial charge in [0.25, 0.3) is 0 Å². The molecule has 3 heteroatoms. The number of carbonyl (C=O) groups is 1. The van der Waals surface area contributed by atoms with Crippen molar-refractivity contribution < 1.29 is 9.53 Å². The van der Waals surface area contributed by atoms with Gasteiger partial charge in [-0.15, -0.1) is 0 Å². The zero-order chi connectivity index (χ0) is 35.3. The fraction of sp³-hybridized carbons (Fsp3) is 0.146. The Morgan fingerprint density at radius 1 is 0.608 bits per heavy atom. The Morgan fingerprint density at radius 2 is 1.24 bits per heavy atom. The minimum atomic E-state index is -0.335. The molecule has 0 aliphatic carbocycles. The van der Waals surface area contributed by atoms with Crippen LogP contribution in [0.25, 0.3) is 54.6 Å². The van der Waals surface area contributed by atoms with Gasteiger partial charge >= 0.3 is 5.97 Å². The summed E-state index contributed by atoms with van der Waals surface area (Å²) in [7, 11) is 0. The predicted octanol–water partition coefficient (Wildman–Crippen LogP) is 13.2. The normalized spacial score (nSPS) is 11.8. The molecule has 0 aliphatic heterocycles. The number of nitrogens with zero attached hydrogens (tertiary/aromatic N) is 1. The van der Waals surface area contributed by atoms with E-state index in [4.69, 9.17) is 4.74 Å². The van der Waals surface area contributed by atoms with E-state index < -0.39 is 0 Å². The maximum atomic E-state index is 13.9. The van der Waals surface area contributed by atoms with Crippen molar-refractivity contribution in [2.75, 3.05) is 11.5 Å². The van der Waals surface area contributed by atoms with Crippen LogP contribution in [0.5, 0.6) is 0 Å². The molecule has 0 aromatic heterocycles. The molecule has 0 N–H and O–H groups in total. The monoisotopic (exact) mass is 663 g/mol. The van der Waals surface area contributed by atoms with Crippen molar-refractivity contribution in [3.63, 3.8) is 0 Å². The first-order chi connectivity index (χ1) is 24.7. The van der Waals surface area contributed by atoms with Gasteiger partial charge < -0.3 is 9.64 Å². The Morgan fingerprint density at radius 3 is 1.88 bits per heavy atom. The van der Waals surface area contributed by atoms with Crippen LogP contribution in [-0.2, 0) is 10.2 Å². The highest BCUT2D eigenvalue weighted by atomic mass is 16.5. The maximum absolute atomic E-state index is 13.9. The third-order valence-electron chi connectivity index (χ3n) is 10.1. The molecule has 0 spiro atoms. The quantitative estimate of drug-likeness (QED) is 0.126. The number of esters is 1. The van der Waals surface area contributed by atoms with E-state index in [9.17, 15) is 4.79 Å². The van der Waals surface area contributed by atoms with E-state index in [1.165, 1.54) is 38.2 Å². The molecule has 51 heavy (non-hydrogen) atoms. The molecular weight excluding hydrogens is 623 g/mol. The molecule has 0 fully saturated rings. The molecule has 8 aromatic carbocycles. The maximum Gasteiger partial charge on any atom is 0.338 e. The van der Waals surface area contributed by atoms with E-state index in [0.29, 0.717) is 12.2 Å². The van der Waals surface area contributed by atoms with Crippen LogP contribution < -0.4 is 4.90 Å². The van der Waals surface area contributed by atoms with Crippen molar-refractivity contribution >= 4 is 55.3 Å². The van der Waals surface area contributed by atoms with Crippen molar-refractivity contribution in [3.05, 3.63) is 162 Å².